The fourth-order valence-corrected chi connectivity index (χ4v) is 2.48. The minimum Gasteiger partial charge on any atom is -0.383 e. The Kier molecular flexibility index (Phi) is 5.02. The Balaban J connectivity index is 1.81. The fourth-order valence-electron chi connectivity index (χ4n) is 2.48. The van der Waals surface area contributed by atoms with Crippen LogP contribution in [0.2, 0.25) is 0 Å². The van der Waals surface area contributed by atoms with E-state index in [2.05, 4.69) is 25.4 Å². The number of nitrogens with one attached hydrogen (secondary N) is 1. The zero-order valence-corrected chi connectivity index (χ0v) is 15.6. The highest BCUT2D eigenvalue weighted by atomic mass is 16.5. The lowest BCUT2D eigenvalue weighted by Gasteiger charge is -2.14. The molecule has 0 spiro atoms. The molecule has 3 N–H and O–H groups in total. The number of nitrogens with two attached hydrogens (primary N) is 1. The molecule has 0 unspecified atom stereocenters. The van der Waals surface area contributed by atoms with Crippen molar-refractivity contribution < 1.29 is 9.32 Å². The lowest BCUT2D eigenvalue weighted by Crippen LogP contribution is -2.22. The SMILES string of the molecule is CCc1noc(-c2cnc(Nc3ccc(C(=O)N(C)C)c(C)c3)nc2N)n1. The maximum atomic E-state index is 12.1. The number of amides is 1. The molecule has 3 aromatic rings. The molecule has 140 valence electrons. The van der Waals surface area contributed by atoms with Crippen LogP contribution >= 0.6 is 0 Å². The number of aromatic nitrogens is 4. The second-order valence-corrected chi connectivity index (χ2v) is 6.22. The molecule has 0 radical (unpaired) electrons. The van der Waals surface area contributed by atoms with Crippen molar-refractivity contribution in [3.63, 3.8) is 0 Å². The average Bonchev–Trinajstić information content (AvgIpc) is 3.10. The van der Waals surface area contributed by atoms with Gasteiger partial charge in [0.25, 0.3) is 11.8 Å². The number of hydrogen-bond acceptors (Lipinski definition) is 8. The van der Waals surface area contributed by atoms with Gasteiger partial charge in [-0.3, -0.25) is 4.79 Å². The normalized spacial score (nSPS) is 10.7. The number of carbonyl (C=O) groups is 1. The molecular weight excluding hydrogens is 346 g/mol. The van der Waals surface area contributed by atoms with Crippen molar-refractivity contribution in [1.29, 1.82) is 0 Å². The molecule has 27 heavy (non-hydrogen) atoms. The van der Waals surface area contributed by atoms with Gasteiger partial charge in [-0.25, -0.2) is 4.98 Å². The molecule has 1 aromatic carbocycles. The first-order chi connectivity index (χ1) is 12.9. The molecule has 9 nitrogen and oxygen atoms in total. The number of rotatable bonds is 5. The summed E-state index contributed by atoms with van der Waals surface area (Å²) in [7, 11) is 3.44. The molecule has 3 rings (SSSR count). The highest BCUT2D eigenvalue weighted by Crippen LogP contribution is 2.24. The van der Waals surface area contributed by atoms with Gasteiger partial charge in [0.15, 0.2) is 5.82 Å². The van der Waals surface area contributed by atoms with Gasteiger partial charge >= 0.3 is 0 Å². The standard InChI is InChI=1S/C18H21N7O2/c1-5-14-22-16(27-24-14)13-9-20-18(23-15(13)19)21-11-6-7-12(10(2)8-11)17(26)25(3)4/h6-9H,5H2,1-4H3,(H3,19,20,21,23). The van der Waals surface area contributed by atoms with E-state index < -0.39 is 0 Å². The summed E-state index contributed by atoms with van der Waals surface area (Å²) in [4.78, 5) is 26.4. The number of benzene rings is 1. The summed E-state index contributed by atoms with van der Waals surface area (Å²) >= 11 is 0. The first-order valence-electron chi connectivity index (χ1n) is 8.43. The number of anilines is 3. The Bertz CT molecular complexity index is 982. The van der Waals surface area contributed by atoms with Gasteiger partial charge in [0.05, 0.1) is 0 Å². The van der Waals surface area contributed by atoms with Crippen LogP contribution in [0, 0.1) is 6.92 Å². The smallest absolute Gasteiger partial charge is 0.263 e. The zero-order valence-electron chi connectivity index (χ0n) is 15.6. The molecular formula is C18H21N7O2. The summed E-state index contributed by atoms with van der Waals surface area (Å²) in [6, 6.07) is 5.42. The van der Waals surface area contributed by atoms with Gasteiger partial charge in [0.2, 0.25) is 5.95 Å². The zero-order chi connectivity index (χ0) is 19.6. The van der Waals surface area contributed by atoms with E-state index in [9.17, 15) is 4.79 Å². The largest absolute Gasteiger partial charge is 0.383 e. The maximum Gasteiger partial charge on any atom is 0.263 e. The third-order valence-corrected chi connectivity index (χ3v) is 3.95. The molecule has 0 aliphatic rings. The third-order valence-electron chi connectivity index (χ3n) is 3.95. The van der Waals surface area contributed by atoms with Gasteiger partial charge in [0.1, 0.15) is 11.4 Å². The Morgan fingerprint density at radius 1 is 1.30 bits per heavy atom. The van der Waals surface area contributed by atoms with Crippen LogP contribution in [-0.2, 0) is 6.42 Å². The molecule has 0 aliphatic carbocycles. The number of aryl methyl sites for hydroxylation is 2. The first kappa shape index (κ1) is 18.3. The van der Waals surface area contributed by atoms with Crippen LogP contribution < -0.4 is 11.1 Å². The molecule has 9 heteroatoms. The van der Waals surface area contributed by atoms with E-state index in [-0.39, 0.29) is 11.7 Å². The van der Waals surface area contributed by atoms with E-state index in [4.69, 9.17) is 10.3 Å². The van der Waals surface area contributed by atoms with Crippen molar-refractivity contribution in [2.24, 2.45) is 0 Å². The summed E-state index contributed by atoms with van der Waals surface area (Å²) in [6.07, 6.45) is 2.20. The molecule has 0 fully saturated rings. The summed E-state index contributed by atoms with van der Waals surface area (Å²) in [5, 5.41) is 6.93. The van der Waals surface area contributed by atoms with Crippen LogP contribution in [0.25, 0.3) is 11.5 Å². The Morgan fingerprint density at radius 2 is 2.07 bits per heavy atom. The average molecular weight is 367 g/mol. The second kappa shape index (κ2) is 7.40. The predicted octanol–water partition coefficient (Wildman–Crippen LogP) is 2.43. The molecule has 2 aromatic heterocycles. The monoisotopic (exact) mass is 367 g/mol. The van der Waals surface area contributed by atoms with E-state index in [1.165, 1.54) is 6.20 Å². The Hall–Kier alpha value is -3.49. The number of nitrogen functional groups attached to an aromatic ring is 1. The van der Waals surface area contributed by atoms with Crippen molar-refractivity contribution in [3.05, 3.63) is 41.3 Å². The topological polar surface area (TPSA) is 123 Å². The maximum absolute atomic E-state index is 12.1. The van der Waals surface area contributed by atoms with Crippen LogP contribution in [0.4, 0.5) is 17.5 Å². The van der Waals surface area contributed by atoms with Crippen LogP contribution in [0.3, 0.4) is 0 Å². The third kappa shape index (κ3) is 3.86. The molecule has 0 atom stereocenters. The number of carbonyl (C=O) groups excluding carboxylic acids is 1. The molecule has 0 saturated carbocycles. The molecule has 2 heterocycles. The fraction of sp³-hybridized carbons (Fsp3) is 0.278. The molecule has 0 saturated heterocycles. The van der Waals surface area contributed by atoms with Crippen molar-refractivity contribution in [1.82, 2.24) is 25.0 Å². The van der Waals surface area contributed by atoms with E-state index in [0.29, 0.717) is 35.2 Å². The van der Waals surface area contributed by atoms with Gasteiger partial charge < -0.3 is 20.5 Å². The van der Waals surface area contributed by atoms with Gasteiger partial charge in [-0.1, -0.05) is 12.1 Å². The van der Waals surface area contributed by atoms with E-state index in [1.807, 2.05) is 19.9 Å². The molecule has 0 aliphatic heterocycles. The Labute approximate surface area is 156 Å². The summed E-state index contributed by atoms with van der Waals surface area (Å²) < 4.78 is 5.17. The lowest BCUT2D eigenvalue weighted by molar-refractivity contribution is 0.0827. The van der Waals surface area contributed by atoms with E-state index in [1.54, 1.807) is 31.1 Å². The van der Waals surface area contributed by atoms with Gasteiger partial charge in [0, 0.05) is 38.0 Å². The van der Waals surface area contributed by atoms with Crippen LogP contribution in [-0.4, -0.2) is 45.0 Å². The van der Waals surface area contributed by atoms with Crippen molar-refractivity contribution >= 4 is 23.4 Å². The highest BCUT2D eigenvalue weighted by molar-refractivity contribution is 5.95. The Morgan fingerprint density at radius 3 is 2.67 bits per heavy atom. The first-order valence-corrected chi connectivity index (χ1v) is 8.43. The summed E-state index contributed by atoms with van der Waals surface area (Å²) in [5.74, 6) is 1.40. The van der Waals surface area contributed by atoms with Gasteiger partial charge in [-0.15, -0.1) is 0 Å². The highest BCUT2D eigenvalue weighted by Gasteiger charge is 2.15. The van der Waals surface area contributed by atoms with Crippen LogP contribution in [0.5, 0.6) is 0 Å². The summed E-state index contributed by atoms with van der Waals surface area (Å²) in [5.41, 5.74) is 8.74. The van der Waals surface area contributed by atoms with Crippen molar-refractivity contribution in [3.8, 4) is 11.5 Å². The van der Waals surface area contributed by atoms with Gasteiger partial charge in [-0.2, -0.15) is 9.97 Å². The predicted molar refractivity (Wildman–Crippen MR) is 102 cm³/mol. The van der Waals surface area contributed by atoms with Crippen molar-refractivity contribution in [2.75, 3.05) is 25.1 Å². The molecule has 1 amide bonds. The summed E-state index contributed by atoms with van der Waals surface area (Å²) in [6.45, 7) is 3.81. The van der Waals surface area contributed by atoms with Gasteiger partial charge in [-0.05, 0) is 30.7 Å². The number of nitrogens with zero attached hydrogens (tertiary/aromatic N) is 5. The van der Waals surface area contributed by atoms with Crippen LogP contribution in [0.1, 0.15) is 28.7 Å². The van der Waals surface area contributed by atoms with E-state index in [0.717, 1.165) is 11.3 Å². The van der Waals surface area contributed by atoms with E-state index >= 15 is 0 Å². The van der Waals surface area contributed by atoms with Crippen molar-refractivity contribution in [2.45, 2.75) is 20.3 Å². The second-order valence-electron chi connectivity index (χ2n) is 6.22. The minimum absolute atomic E-state index is 0.0464. The van der Waals surface area contributed by atoms with Crippen LogP contribution in [0.15, 0.2) is 28.9 Å². The quantitative estimate of drug-likeness (QED) is 0.705. The number of hydrogen-bond donors (Lipinski definition) is 2. The molecule has 0 bridgehead atoms. The lowest BCUT2D eigenvalue weighted by atomic mass is 10.1. The minimum atomic E-state index is -0.0464.